The Labute approximate surface area is 157 Å². The Morgan fingerprint density at radius 1 is 1.19 bits per heavy atom. The summed E-state index contributed by atoms with van der Waals surface area (Å²) in [6.45, 7) is 0.316. The zero-order chi connectivity index (χ0) is 19.4. The number of carbonyl (C=O) groups is 1. The first-order valence-corrected chi connectivity index (χ1v) is 10.0. The Morgan fingerprint density at radius 3 is 2.67 bits per heavy atom. The van der Waals surface area contributed by atoms with E-state index in [4.69, 9.17) is 14.2 Å². The Balaban J connectivity index is 1.68. The number of hydrogen-bond acceptors (Lipinski definition) is 6. The average molecular weight is 392 g/mol. The van der Waals surface area contributed by atoms with Gasteiger partial charge in [0.05, 0.1) is 25.6 Å². The van der Waals surface area contributed by atoms with E-state index in [1.165, 1.54) is 11.4 Å². The summed E-state index contributed by atoms with van der Waals surface area (Å²) in [4.78, 5) is 12.3. The number of carbonyl (C=O) groups excluding carboxylic acids is 1. The van der Waals surface area contributed by atoms with Crippen molar-refractivity contribution in [2.45, 2.75) is 0 Å². The minimum Gasteiger partial charge on any atom is -0.495 e. The normalized spacial score (nSPS) is 12.5. The van der Waals surface area contributed by atoms with Gasteiger partial charge in [-0.1, -0.05) is 12.1 Å². The van der Waals surface area contributed by atoms with Crippen molar-refractivity contribution in [1.82, 2.24) is 5.32 Å². The van der Waals surface area contributed by atoms with Crippen LogP contribution in [0.4, 0.5) is 5.69 Å². The Hall–Kier alpha value is -2.94. The predicted molar refractivity (Wildman–Crippen MR) is 100 cm³/mol. The number of ether oxygens (including phenoxy) is 3. The summed E-state index contributed by atoms with van der Waals surface area (Å²) in [6, 6.07) is 11.7. The summed E-state index contributed by atoms with van der Waals surface area (Å²) in [5, 5.41) is 2.72. The minimum atomic E-state index is -3.56. The number of nitrogens with zero attached hydrogens (tertiary/aromatic N) is 1. The van der Waals surface area contributed by atoms with Crippen LogP contribution in [0.15, 0.2) is 42.5 Å². The molecule has 144 valence electrons. The molecule has 0 fully saturated rings. The average Bonchev–Trinajstić information content (AvgIpc) is 3.11. The van der Waals surface area contributed by atoms with Gasteiger partial charge in [0.25, 0.3) is 5.91 Å². The van der Waals surface area contributed by atoms with Crippen LogP contribution >= 0.6 is 0 Å². The Bertz CT molecular complexity index is 945. The van der Waals surface area contributed by atoms with Gasteiger partial charge in [-0.15, -0.1) is 0 Å². The van der Waals surface area contributed by atoms with Crippen LogP contribution in [-0.2, 0) is 10.0 Å². The molecular weight excluding hydrogens is 372 g/mol. The molecule has 0 saturated carbocycles. The Kier molecular flexibility index (Phi) is 5.41. The number of para-hydroxylation sites is 2. The maximum atomic E-state index is 12.3. The molecule has 8 nitrogen and oxygen atoms in total. The number of fused-ring (bicyclic) bond motifs is 1. The lowest BCUT2D eigenvalue weighted by atomic mass is 10.2. The second-order valence-corrected chi connectivity index (χ2v) is 7.74. The molecule has 1 N–H and O–H groups in total. The van der Waals surface area contributed by atoms with Gasteiger partial charge >= 0.3 is 0 Å². The molecule has 27 heavy (non-hydrogen) atoms. The highest BCUT2D eigenvalue weighted by Gasteiger charge is 2.21. The summed E-state index contributed by atoms with van der Waals surface area (Å²) in [5.41, 5.74) is 0.822. The van der Waals surface area contributed by atoms with E-state index >= 15 is 0 Å². The van der Waals surface area contributed by atoms with E-state index in [0.717, 1.165) is 6.26 Å². The van der Waals surface area contributed by atoms with Crippen molar-refractivity contribution in [1.29, 1.82) is 0 Å². The lowest BCUT2D eigenvalue weighted by Crippen LogP contribution is -2.38. The molecule has 0 radical (unpaired) electrons. The molecule has 1 aliphatic rings. The number of rotatable bonds is 7. The molecule has 0 saturated heterocycles. The first-order valence-electron chi connectivity index (χ1n) is 8.19. The summed E-state index contributed by atoms with van der Waals surface area (Å²) < 4.78 is 41.3. The molecule has 1 amide bonds. The fourth-order valence-corrected chi connectivity index (χ4v) is 3.64. The van der Waals surface area contributed by atoms with E-state index in [1.807, 2.05) is 0 Å². The molecule has 0 aliphatic carbocycles. The SMILES string of the molecule is COc1ccccc1N(CCNC(=O)c1ccc2c(c1)OCO2)S(C)(=O)=O. The lowest BCUT2D eigenvalue weighted by molar-refractivity contribution is 0.0954. The largest absolute Gasteiger partial charge is 0.495 e. The van der Waals surface area contributed by atoms with Crippen molar-refractivity contribution in [2.24, 2.45) is 0 Å². The summed E-state index contributed by atoms with van der Waals surface area (Å²) in [6.07, 6.45) is 1.11. The number of sulfonamides is 1. The number of nitrogens with one attached hydrogen (secondary N) is 1. The van der Waals surface area contributed by atoms with Crippen molar-refractivity contribution in [3.8, 4) is 17.2 Å². The van der Waals surface area contributed by atoms with Crippen LogP contribution in [-0.4, -0.2) is 47.6 Å². The van der Waals surface area contributed by atoms with Crippen LogP contribution in [0.1, 0.15) is 10.4 Å². The maximum Gasteiger partial charge on any atom is 0.251 e. The third kappa shape index (κ3) is 4.25. The van der Waals surface area contributed by atoms with Crippen LogP contribution in [0, 0.1) is 0 Å². The van der Waals surface area contributed by atoms with Gasteiger partial charge in [-0.2, -0.15) is 0 Å². The number of hydrogen-bond donors (Lipinski definition) is 1. The fraction of sp³-hybridized carbons (Fsp3) is 0.278. The van der Waals surface area contributed by atoms with E-state index in [9.17, 15) is 13.2 Å². The molecule has 0 unspecified atom stereocenters. The van der Waals surface area contributed by atoms with Crippen LogP contribution in [0.25, 0.3) is 0 Å². The van der Waals surface area contributed by atoms with Crippen molar-refractivity contribution >= 4 is 21.6 Å². The molecule has 2 aromatic rings. The summed E-state index contributed by atoms with van der Waals surface area (Å²) >= 11 is 0. The third-order valence-electron chi connectivity index (χ3n) is 3.99. The zero-order valence-electron chi connectivity index (χ0n) is 15.0. The van der Waals surface area contributed by atoms with E-state index in [-0.39, 0.29) is 25.8 Å². The topological polar surface area (TPSA) is 94.2 Å². The standard InChI is InChI=1S/C18H20N2O6S/c1-24-15-6-4-3-5-14(15)20(27(2,22)23)10-9-19-18(21)13-7-8-16-17(11-13)26-12-25-16/h3-8,11H,9-10,12H2,1-2H3,(H,19,21). The molecule has 1 aliphatic heterocycles. The summed E-state index contributed by atoms with van der Waals surface area (Å²) in [7, 11) is -2.08. The number of methoxy groups -OCH3 is 1. The molecule has 9 heteroatoms. The molecule has 0 bridgehead atoms. The highest BCUT2D eigenvalue weighted by Crippen LogP contribution is 2.32. The molecular formula is C18H20N2O6S. The van der Waals surface area contributed by atoms with Gasteiger partial charge in [0, 0.05) is 12.1 Å². The van der Waals surface area contributed by atoms with Crippen molar-refractivity contribution < 1.29 is 27.4 Å². The number of anilines is 1. The van der Waals surface area contributed by atoms with Crippen LogP contribution in [0.3, 0.4) is 0 Å². The second kappa shape index (κ2) is 7.75. The van der Waals surface area contributed by atoms with Crippen LogP contribution < -0.4 is 23.8 Å². The van der Waals surface area contributed by atoms with Crippen molar-refractivity contribution in [3.05, 3.63) is 48.0 Å². The first-order chi connectivity index (χ1) is 12.9. The zero-order valence-corrected chi connectivity index (χ0v) is 15.8. The van der Waals surface area contributed by atoms with E-state index < -0.39 is 10.0 Å². The van der Waals surface area contributed by atoms with Crippen LogP contribution in [0.2, 0.25) is 0 Å². The van der Waals surface area contributed by atoms with Gasteiger partial charge in [-0.05, 0) is 30.3 Å². The smallest absolute Gasteiger partial charge is 0.251 e. The fourth-order valence-electron chi connectivity index (χ4n) is 2.71. The van der Waals surface area contributed by atoms with Gasteiger partial charge < -0.3 is 19.5 Å². The van der Waals surface area contributed by atoms with E-state index in [0.29, 0.717) is 28.5 Å². The second-order valence-electron chi connectivity index (χ2n) is 5.83. The molecule has 3 rings (SSSR count). The van der Waals surface area contributed by atoms with Gasteiger partial charge in [-0.3, -0.25) is 9.10 Å². The van der Waals surface area contributed by atoms with E-state index in [2.05, 4.69) is 5.32 Å². The third-order valence-corrected chi connectivity index (χ3v) is 5.17. The van der Waals surface area contributed by atoms with Crippen molar-refractivity contribution in [2.75, 3.05) is 37.6 Å². The summed E-state index contributed by atoms with van der Waals surface area (Å²) in [5.74, 6) is 1.20. The quantitative estimate of drug-likeness (QED) is 0.770. The van der Waals surface area contributed by atoms with Gasteiger partial charge in [-0.25, -0.2) is 8.42 Å². The predicted octanol–water partition coefficient (Wildman–Crippen LogP) is 1.62. The highest BCUT2D eigenvalue weighted by molar-refractivity contribution is 7.92. The molecule has 0 spiro atoms. The molecule has 2 aromatic carbocycles. The number of benzene rings is 2. The van der Waals surface area contributed by atoms with Crippen LogP contribution in [0.5, 0.6) is 17.2 Å². The minimum absolute atomic E-state index is 0.0650. The lowest BCUT2D eigenvalue weighted by Gasteiger charge is -2.24. The van der Waals surface area contributed by atoms with E-state index in [1.54, 1.807) is 42.5 Å². The monoisotopic (exact) mass is 392 g/mol. The maximum absolute atomic E-state index is 12.3. The number of amides is 1. The molecule has 1 heterocycles. The molecule has 0 aromatic heterocycles. The van der Waals surface area contributed by atoms with Gasteiger partial charge in [0.1, 0.15) is 5.75 Å². The Morgan fingerprint density at radius 2 is 1.93 bits per heavy atom. The van der Waals surface area contributed by atoms with Crippen molar-refractivity contribution in [3.63, 3.8) is 0 Å². The van der Waals surface area contributed by atoms with Gasteiger partial charge in [0.15, 0.2) is 11.5 Å². The van der Waals surface area contributed by atoms with Gasteiger partial charge in [0.2, 0.25) is 16.8 Å². The highest BCUT2D eigenvalue weighted by atomic mass is 32.2. The molecule has 0 atom stereocenters. The first kappa shape index (κ1) is 18.8.